The second-order valence-electron chi connectivity index (χ2n) is 3.68. The van der Waals surface area contributed by atoms with Crippen molar-refractivity contribution in [3.8, 4) is 0 Å². The van der Waals surface area contributed by atoms with Crippen molar-refractivity contribution in [2.24, 2.45) is 0 Å². The number of carbonyl (C=O) groups excluding carboxylic acids is 1. The molecule has 0 fully saturated rings. The summed E-state index contributed by atoms with van der Waals surface area (Å²) in [7, 11) is 3.34. The molecule has 2 aromatic heterocycles. The van der Waals surface area contributed by atoms with E-state index in [2.05, 4.69) is 9.97 Å². The summed E-state index contributed by atoms with van der Waals surface area (Å²) in [4.78, 5) is 30.8. The minimum Gasteiger partial charge on any atom is -0.343 e. The molecule has 2 rings (SSSR count). The van der Waals surface area contributed by atoms with Crippen molar-refractivity contribution in [1.29, 1.82) is 0 Å². The van der Waals surface area contributed by atoms with E-state index >= 15 is 0 Å². The topological polar surface area (TPSA) is 66.1 Å². The zero-order valence-electron chi connectivity index (χ0n) is 9.02. The number of rotatable bonds is 1. The van der Waals surface area contributed by atoms with Gasteiger partial charge in [-0.25, -0.2) is 4.98 Å². The first-order valence-corrected chi connectivity index (χ1v) is 4.78. The predicted octanol–water partition coefficient (Wildman–Crippen LogP) is 0.625. The first-order valence-electron chi connectivity index (χ1n) is 4.78. The summed E-state index contributed by atoms with van der Waals surface area (Å²) in [5.41, 5.74) is 0.813. The number of fused-ring (bicyclic) bond motifs is 1. The molecule has 1 N–H and O–H groups in total. The van der Waals surface area contributed by atoms with Crippen molar-refractivity contribution in [3.05, 3.63) is 40.4 Å². The Hall–Kier alpha value is -2.17. The zero-order chi connectivity index (χ0) is 11.7. The molecular weight excluding hydrogens is 206 g/mol. The monoisotopic (exact) mass is 217 g/mol. The fourth-order valence-electron chi connectivity index (χ4n) is 1.40. The Morgan fingerprint density at radius 3 is 2.81 bits per heavy atom. The highest BCUT2D eigenvalue weighted by atomic mass is 16.2. The number of hydrogen-bond acceptors (Lipinski definition) is 3. The number of nitrogens with one attached hydrogen (secondary N) is 1. The van der Waals surface area contributed by atoms with Crippen LogP contribution in [0.4, 0.5) is 0 Å². The van der Waals surface area contributed by atoms with E-state index in [1.807, 2.05) is 0 Å². The highest BCUT2D eigenvalue weighted by molar-refractivity contribution is 5.95. The van der Waals surface area contributed by atoms with Crippen LogP contribution in [0.1, 0.15) is 10.5 Å². The van der Waals surface area contributed by atoms with E-state index in [0.717, 1.165) is 5.39 Å². The van der Waals surface area contributed by atoms with Crippen LogP contribution in [0.5, 0.6) is 0 Å². The minimum atomic E-state index is -0.180. The van der Waals surface area contributed by atoms with Crippen LogP contribution in [0.2, 0.25) is 0 Å². The third kappa shape index (κ3) is 1.79. The van der Waals surface area contributed by atoms with Gasteiger partial charge < -0.3 is 9.88 Å². The molecule has 0 spiro atoms. The minimum absolute atomic E-state index is 0.159. The van der Waals surface area contributed by atoms with E-state index in [9.17, 15) is 9.59 Å². The molecule has 1 amide bonds. The maximum absolute atomic E-state index is 11.6. The second-order valence-corrected chi connectivity index (χ2v) is 3.68. The lowest BCUT2D eigenvalue weighted by molar-refractivity contribution is 0.0822. The van der Waals surface area contributed by atoms with Gasteiger partial charge in [-0.1, -0.05) is 0 Å². The van der Waals surface area contributed by atoms with Gasteiger partial charge in [0.15, 0.2) is 0 Å². The number of aromatic nitrogens is 2. The second kappa shape index (κ2) is 3.77. The average molecular weight is 217 g/mol. The standard InChI is InChI=1S/C11H11N3O2/c1-14(2)11(16)8-5-7-3-4-10(15)13-9(7)6-12-8/h3-6H,1-2H3,(H,13,15). The fourth-order valence-corrected chi connectivity index (χ4v) is 1.40. The molecule has 5 heteroatoms. The van der Waals surface area contributed by atoms with Crippen LogP contribution >= 0.6 is 0 Å². The number of aromatic amines is 1. The summed E-state index contributed by atoms with van der Waals surface area (Å²) >= 11 is 0. The number of hydrogen-bond donors (Lipinski definition) is 1. The lowest BCUT2D eigenvalue weighted by atomic mass is 10.2. The van der Waals surface area contributed by atoms with Crippen molar-refractivity contribution in [2.75, 3.05) is 14.1 Å². The van der Waals surface area contributed by atoms with Crippen LogP contribution in [-0.2, 0) is 0 Å². The van der Waals surface area contributed by atoms with E-state index in [-0.39, 0.29) is 11.5 Å². The number of carbonyl (C=O) groups is 1. The average Bonchev–Trinajstić information content (AvgIpc) is 2.27. The van der Waals surface area contributed by atoms with Crippen molar-refractivity contribution >= 4 is 16.8 Å². The molecule has 0 aliphatic carbocycles. The summed E-state index contributed by atoms with van der Waals surface area (Å²) in [6, 6.07) is 4.75. The highest BCUT2D eigenvalue weighted by Gasteiger charge is 2.09. The number of amides is 1. The molecule has 16 heavy (non-hydrogen) atoms. The van der Waals surface area contributed by atoms with Crippen LogP contribution in [0.3, 0.4) is 0 Å². The van der Waals surface area contributed by atoms with Crippen molar-refractivity contribution in [2.45, 2.75) is 0 Å². The van der Waals surface area contributed by atoms with Gasteiger partial charge in [0.05, 0.1) is 11.7 Å². The SMILES string of the molecule is CN(C)C(=O)c1cc2ccc(=O)[nH]c2cn1. The molecule has 2 heterocycles. The van der Waals surface area contributed by atoms with Gasteiger partial charge in [-0.05, 0) is 12.1 Å². The number of H-pyrrole nitrogens is 1. The lowest BCUT2D eigenvalue weighted by Gasteiger charge is -2.09. The van der Waals surface area contributed by atoms with Crippen LogP contribution in [0, 0.1) is 0 Å². The molecule has 0 aliphatic heterocycles. The van der Waals surface area contributed by atoms with Crippen molar-refractivity contribution in [3.63, 3.8) is 0 Å². The molecule has 0 aliphatic rings. The Labute approximate surface area is 91.7 Å². The van der Waals surface area contributed by atoms with E-state index in [4.69, 9.17) is 0 Å². The van der Waals surface area contributed by atoms with Gasteiger partial charge in [0.1, 0.15) is 5.69 Å². The van der Waals surface area contributed by atoms with Gasteiger partial charge >= 0.3 is 0 Å². The number of nitrogens with zero attached hydrogens (tertiary/aromatic N) is 2. The normalized spacial score (nSPS) is 10.4. The maximum atomic E-state index is 11.6. The summed E-state index contributed by atoms with van der Waals surface area (Å²) in [6.45, 7) is 0. The Morgan fingerprint density at radius 2 is 2.12 bits per heavy atom. The van der Waals surface area contributed by atoms with Crippen LogP contribution in [0.25, 0.3) is 10.9 Å². The first kappa shape index (κ1) is 10.4. The molecule has 0 atom stereocenters. The Morgan fingerprint density at radius 1 is 1.38 bits per heavy atom. The molecular formula is C11H11N3O2. The third-order valence-corrected chi connectivity index (χ3v) is 2.23. The third-order valence-electron chi connectivity index (χ3n) is 2.23. The van der Waals surface area contributed by atoms with Gasteiger partial charge in [0.25, 0.3) is 5.91 Å². The van der Waals surface area contributed by atoms with E-state index < -0.39 is 0 Å². The molecule has 0 saturated heterocycles. The van der Waals surface area contributed by atoms with Gasteiger partial charge in [-0.3, -0.25) is 9.59 Å². The van der Waals surface area contributed by atoms with Crippen LogP contribution in [0.15, 0.2) is 29.2 Å². The van der Waals surface area contributed by atoms with E-state index in [1.165, 1.54) is 17.2 Å². The first-order chi connectivity index (χ1) is 7.58. The van der Waals surface area contributed by atoms with E-state index in [1.54, 1.807) is 26.2 Å². The van der Waals surface area contributed by atoms with Crippen molar-refractivity contribution < 1.29 is 4.79 Å². The summed E-state index contributed by atoms with van der Waals surface area (Å²) in [5.74, 6) is -0.159. The quantitative estimate of drug-likeness (QED) is 0.761. The Bertz CT molecular complexity index is 601. The molecule has 82 valence electrons. The molecule has 5 nitrogen and oxygen atoms in total. The van der Waals surface area contributed by atoms with Gasteiger partial charge in [-0.15, -0.1) is 0 Å². The maximum Gasteiger partial charge on any atom is 0.271 e. The fraction of sp³-hybridized carbons (Fsp3) is 0.182. The molecule has 0 bridgehead atoms. The largest absolute Gasteiger partial charge is 0.343 e. The zero-order valence-corrected chi connectivity index (χ0v) is 9.02. The predicted molar refractivity (Wildman–Crippen MR) is 60.4 cm³/mol. The molecule has 0 aromatic carbocycles. The Kier molecular flexibility index (Phi) is 2.44. The molecule has 0 unspecified atom stereocenters. The Balaban J connectivity index is 2.57. The molecule has 2 aromatic rings. The van der Waals surface area contributed by atoms with Gasteiger partial charge in [0, 0.05) is 25.5 Å². The summed E-state index contributed by atoms with van der Waals surface area (Å²) in [5, 5.41) is 0.791. The smallest absolute Gasteiger partial charge is 0.271 e. The molecule has 0 radical (unpaired) electrons. The molecule has 0 saturated carbocycles. The summed E-state index contributed by atoms with van der Waals surface area (Å²) in [6.07, 6.45) is 1.49. The van der Waals surface area contributed by atoms with Crippen LogP contribution < -0.4 is 5.56 Å². The van der Waals surface area contributed by atoms with Gasteiger partial charge in [-0.2, -0.15) is 0 Å². The highest BCUT2D eigenvalue weighted by Crippen LogP contribution is 2.10. The van der Waals surface area contributed by atoms with Crippen LogP contribution in [-0.4, -0.2) is 34.9 Å². The van der Waals surface area contributed by atoms with Gasteiger partial charge in [0.2, 0.25) is 5.56 Å². The summed E-state index contributed by atoms with van der Waals surface area (Å²) < 4.78 is 0. The van der Waals surface area contributed by atoms with E-state index in [0.29, 0.717) is 11.2 Å². The van der Waals surface area contributed by atoms with Crippen molar-refractivity contribution in [1.82, 2.24) is 14.9 Å². The lowest BCUT2D eigenvalue weighted by Crippen LogP contribution is -2.22. The number of pyridine rings is 2.